The van der Waals surface area contributed by atoms with Crippen molar-refractivity contribution < 1.29 is 9.90 Å². The molecule has 0 aliphatic heterocycles. The van der Waals surface area contributed by atoms with E-state index in [2.05, 4.69) is 21.2 Å². The molecule has 2 N–H and O–H groups in total. The maximum atomic E-state index is 11.7. The molecule has 0 aliphatic carbocycles. The molecular formula is C13H18BrNO2S. The molecule has 0 saturated carbocycles. The van der Waals surface area contributed by atoms with Crippen molar-refractivity contribution in [2.75, 3.05) is 11.1 Å². The van der Waals surface area contributed by atoms with E-state index in [1.807, 2.05) is 32.0 Å². The van der Waals surface area contributed by atoms with Gasteiger partial charge in [-0.3, -0.25) is 4.79 Å². The summed E-state index contributed by atoms with van der Waals surface area (Å²) in [7, 11) is 0. The van der Waals surface area contributed by atoms with Crippen molar-refractivity contribution in [2.24, 2.45) is 0 Å². The number of hydrogen-bond donors (Lipinski definition) is 2. The SMILES string of the molecule is Cc1cc(NC(=O)CSC(C)C(C)O)ccc1Br. The largest absolute Gasteiger partial charge is 0.392 e. The Morgan fingerprint density at radius 3 is 2.72 bits per heavy atom. The molecule has 0 fully saturated rings. The van der Waals surface area contributed by atoms with E-state index in [-0.39, 0.29) is 11.2 Å². The second-order valence-corrected chi connectivity index (χ2v) is 6.49. The molecule has 18 heavy (non-hydrogen) atoms. The molecule has 0 aliphatic rings. The van der Waals surface area contributed by atoms with Gasteiger partial charge in [0.15, 0.2) is 0 Å². The minimum Gasteiger partial charge on any atom is -0.392 e. The Morgan fingerprint density at radius 2 is 2.17 bits per heavy atom. The molecule has 1 aromatic carbocycles. The lowest BCUT2D eigenvalue weighted by Gasteiger charge is -2.13. The molecule has 1 aromatic rings. The number of rotatable bonds is 5. The number of aliphatic hydroxyl groups is 1. The van der Waals surface area contributed by atoms with Crippen molar-refractivity contribution in [2.45, 2.75) is 32.1 Å². The van der Waals surface area contributed by atoms with Gasteiger partial charge in [0.2, 0.25) is 5.91 Å². The van der Waals surface area contributed by atoms with E-state index in [0.717, 1.165) is 15.7 Å². The van der Waals surface area contributed by atoms with Crippen molar-refractivity contribution in [3.63, 3.8) is 0 Å². The molecule has 2 atom stereocenters. The first-order valence-electron chi connectivity index (χ1n) is 5.76. The van der Waals surface area contributed by atoms with Crippen LogP contribution in [0.25, 0.3) is 0 Å². The average Bonchev–Trinajstić information content (AvgIpc) is 2.30. The summed E-state index contributed by atoms with van der Waals surface area (Å²) < 4.78 is 1.03. The van der Waals surface area contributed by atoms with Gasteiger partial charge in [-0.15, -0.1) is 11.8 Å². The third-order valence-electron chi connectivity index (χ3n) is 2.60. The fourth-order valence-corrected chi connectivity index (χ4v) is 2.28. The lowest BCUT2D eigenvalue weighted by molar-refractivity contribution is -0.113. The molecule has 100 valence electrons. The summed E-state index contributed by atoms with van der Waals surface area (Å²) in [6.07, 6.45) is -0.405. The molecule has 2 unspecified atom stereocenters. The third kappa shape index (κ3) is 5.00. The zero-order chi connectivity index (χ0) is 13.7. The maximum absolute atomic E-state index is 11.7. The van der Waals surface area contributed by atoms with Crippen LogP contribution in [-0.2, 0) is 4.79 Å². The number of halogens is 1. The van der Waals surface area contributed by atoms with Crippen LogP contribution in [0.5, 0.6) is 0 Å². The zero-order valence-electron chi connectivity index (χ0n) is 10.7. The van der Waals surface area contributed by atoms with Crippen molar-refractivity contribution in [1.29, 1.82) is 0 Å². The summed E-state index contributed by atoms with van der Waals surface area (Å²) in [5.41, 5.74) is 1.88. The van der Waals surface area contributed by atoms with Gasteiger partial charge in [0.1, 0.15) is 0 Å². The third-order valence-corrected chi connectivity index (χ3v) is 4.84. The van der Waals surface area contributed by atoms with Gasteiger partial charge in [0, 0.05) is 15.4 Å². The first kappa shape index (κ1) is 15.5. The van der Waals surface area contributed by atoms with E-state index in [9.17, 15) is 9.90 Å². The highest BCUT2D eigenvalue weighted by molar-refractivity contribution is 9.10. The number of thioether (sulfide) groups is 1. The van der Waals surface area contributed by atoms with Gasteiger partial charge >= 0.3 is 0 Å². The topological polar surface area (TPSA) is 49.3 Å². The van der Waals surface area contributed by atoms with Crippen LogP contribution in [-0.4, -0.2) is 28.1 Å². The molecule has 0 saturated heterocycles. The second-order valence-electron chi connectivity index (χ2n) is 4.27. The van der Waals surface area contributed by atoms with E-state index in [4.69, 9.17) is 0 Å². The highest BCUT2D eigenvalue weighted by Gasteiger charge is 2.11. The van der Waals surface area contributed by atoms with Crippen LogP contribution in [0.2, 0.25) is 0 Å². The molecular weight excluding hydrogens is 314 g/mol. The molecule has 5 heteroatoms. The standard InChI is InChI=1S/C13H18BrNO2S/c1-8-6-11(4-5-12(8)14)15-13(17)7-18-10(3)9(2)16/h4-6,9-10,16H,7H2,1-3H3,(H,15,17). The number of carbonyl (C=O) groups is 1. The van der Waals surface area contributed by atoms with Gasteiger partial charge in [-0.1, -0.05) is 22.9 Å². The van der Waals surface area contributed by atoms with Crippen LogP contribution in [0.3, 0.4) is 0 Å². The Bertz CT molecular complexity index is 423. The number of carbonyl (C=O) groups excluding carboxylic acids is 1. The number of aryl methyl sites for hydroxylation is 1. The predicted molar refractivity (Wildman–Crippen MR) is 81.1 cm³/mol. The van der Waals surface area contributed by atoms with Crippen molar-refractivity contribution in [1.82, 2.24) is 0 Å². The molecule has 0 bridgehead atoms. The van der Waals surface area contributed by atoms with Crippen LogP contribution in [0.4, 0.5) is 5.69 Å². The highest BCUT2D eigenvalue weighted by Crippen LogP contribution is 2.20. The van der Waals surface area contributed by atoms with Crippen molar-refractivity contribution in [3.8, 4) is 0 Å². The van der Waals surface area contributed by atoms with E-state index >= 15 is 0 Å². The van der Waals surface area contributed by atoms with Gasteiger partial charge in [-0.05, 0) is 37.6 Å². The van der Waals surface area contributed by atoms with Crippen molar-refractivity contribution >= 4 is 39.3 Å². The summed E-state index contributed by atoms with van der Waals surface area (Å²) in [5.74, 6) is 0.301. The lowest BCUT2D eigenvalue weighted by atomic mass is 10.2. The Labute approximate surface area is 120 Å². The fraction of sp³-hybridized carbons (Fsp3) is 0.462. The fourth-order valence-electron chi connectivity index (χ4n) is 1.27. The normalized spacial score (nSPS) is 14.1. The quantitative estimate of drug-likeness (QED) is 0.871. The Morgan fingerprint density at radius 1 is 1.50 bits per heavy atom. The van der Waals surface area contributed by atoms with E-state index in [1.165, 1.54) is 11.8 Å². The molecule has 0 aromatic heterocycles. The second kappa shape index (κ2) is 7.16. The van der Waals surface area contributed by atoms with Gasteiger partial charge in [0.25, 0.3) is 0 Å². The lowest BCUT2D eigenvalue weighted by Crippen LogP contribution is -2.20. The summed E-state index contributed by atoms with van der Waals surface area (Å²) in [6.45, 7) is 5.62. The maximum Gasteiger partial charge on any atom is 0.234 e. The van der Waals surface area contributed by atoms with Gasteiger partial charge < -0.3 is 10.4 Å². The van der Waals surface area contributed by atoms with Crippen LogP contribution in [0.15, 0.2) is 22.7 Å². The zero-order valence-corrected chi connectivity index (χ0v) is 13.1. The number of anilines is 1. The molecule has 1 rings (SSSR count). The van der Waals surface area contributed by atoms with Crippen LogP contribution in [0.1, 0.15) is 19.4 Å². The number of amides is 1. The minimum absolute atomic E-state index is 0.0470. The van der Waals surface area contributed by atoms with Crippen LogP contribution in [0, 0.1) is 6.92 Å². The smallest absolute Gasteiger partial charge is 0.234 e. The molecule has 3 nitrogen and oxygen atoms in total. The van der Waals surface area contributed by atoms with E-state index in [1.54, 1.807) is 6.92 Å². The van der Waals surface area contributed by atoms with E-state index in [0.29, 0.717) is 5.75 Å². The Hall–Kier alpha value is -0.520. The summed E-state index contributed by atoms with van der Waals surface area (Å²) >= 11 is 4.86. The van der Waals surface area contributed by atoms with Crippen LogP contribution >= 0.6 is 27.7 Å². The number of benzene rings is 1. The molecule has 0 radical (unpaired) electrons. The Balaban J connectivity index is 2.47. The number of nitrogens with one attached hydrogen (secondary N) is 1. The highest BCUT2D eigenvalue weighted by atomic mass is 79.9. The van der Waals surface area contributed by atoms with Crippen molar-refractivity contribution in [3.05, 3.63) is 28.2 Å². The predicted octanol–water partition coefficient (Wildman–Crippen LogP) is 3.20. The number of hydrogen-bond acceptors (Lipinski definition) is 3. The number of aliphatic hydroxyl groups excluding tert-OH is 1. The molecule has 0 heterocycles. The first-order valence-corrected chi connectivity index (χ1v) is 7.60. The van der Waals surface area contributed by atoms with Crippen LogP contribution < -0.4 is 5.32 Å². The molecule has 1 amide bonds. The monoisotopic (exact) mass is 331 g/mol. The van der Waals surface area contributed by atoms with Gasteiger partial charge in [-0.25, -0.2) is 0 Å². The average molecular weight is 332 g/mol. The minimum atomic E-state index is -0.405. The Kier molecular flexibility index (Phi) is 6.18. The first-order chi connectivity index (χ1) is 8.40. The summed E-state index contributed by atoms with van der Waals surface area (Å²) in [5, 5.41) is 12.2. The molecule has 0 spiro atoms. The summed E-state index contributed by atoms with van der Waals surface area (Å²) in [4.78, 5) is 11.7. The summed E-state index contributed by atoms with van der Waals surface area (Å²) in [6, 6.07) is 5.69. The van der Waals surface area contributed by atoms with E-state index < -0.39 is 6.10 Å². The van der Waals surface area contributed by atoms with Gasteiger partial charge in [0.05, 0.1) is 11.9 Å². The van der Waals surface area contributed by atoms with Gasteiger partial charge in [-0.2, -0.15) is 0 Å².